The number of para-hydroxylation sites is 2. The lowest BCUT2D eigenvalue weighted by Crippen LogP contribution is -2.07. The molecule has 3 aromatic heterocycles. The molecule has 0 bridgehead atoms. The lowest BCUT2D eigenvalue weighted by atomic mass is 9.99. The van der Waals surface area contributed by atoms with Crippen LogP contribution < -0.4 is 0 Å². The van der Waals surface area contributed by atoms with Crippen molar-refractivity contribution in [2.45, 2.75) is 0 Å². The van der Waals surface area contributed by atoms with Crippen molar-refractivity contribution in [3.63, 3.8) is 0 Å². The van der Waals surface area contributed by atoms with Crippen molar-refractivity contribution in [2.24, 2.45) is 0 Å². The Hall–Kier alpha value is -7.63. The third kappa shape index (κ3) is 4.78. The fraction of sp³-hybridized carbons (Fsp3) is 0. The maximum Gasteiger partial charge on any atom is 0.238 e. The van der Waals surface area contributed by atoms with E-state index in [-0.39, 0.29) is 0 Å². The predicted molar refractivity (Wildman–Crippen MR) is 230 cm³/mol. The molecule has 0 fully saturated rings. The zero-order chi connectivity index (χ0) is 36.7. The molecular formula is C51H30N4O. The van der Waals surface area contributed by atoms with Crippen LogP contribution in [0, 0.1) is 0 Å². The van der Waals surface area contributed by atoms with Gasteiger partial charge >= 0.3 is 0 Å². The summed E-state index contributed by atoms with van der Waals surface area (Å²) >= 11 is 0. The van der Waals surface area contributed by atoms with Crippen molar-refractivity contribution in [1.82, 2.24) is 19.5 Å². The molecule has 3 heterocycles. The van der Waals surface area contributed by atoms with Gasteiger partial charge in [0.1, 0.15) is 11.2 Å². The second-order valence-electron chi connectivity index (χ2n) is 14.5. The maximum absolute atomic E-state index is 6.25. The number of benzene rings is 9. The van der Waals surface area contributed by atoms with Gasteiger partial charge in [0.2, 0.25) is 5.95 Å². The second kappa shape index (κ2) is 11.9. The van der Waals surface area contributed by atoms with Crippen LogP contribution in [0.1, 0.15) is 0 Å². The normalized spacial score (nSPS) is 11.9. The van der Waals surface area contributed by atoms with E-state index >= 15 is 0 Å². The Morgan fingerprint density at radius 1 is 0.357 bits per heavy atom. The van der Waals surface area contributed by atoms with Crippen molar-refractivity contribution in [2.75, 3.05) is 0 Å². The molecule has 0 spiro atoms. The van der Waals surface area contributed by atoms with Gasteiger partial charge in [-0.1, -0.05) is 140 Å². The highest BCUT2D eigenvalue weighted by Crippen LogP contribution is 2.41. The van der Waals surface area contributed by atoms with E-state index in [2.05, 4.69) is 174 Å². The molecular weight excluding hydrogens is 685 g/mol. The van der Waals surface area contributed by atoms with Gasteiger partial charge in [-0.3, -0.25) is 4.57 Å². The minimum absolute atomic E-state index is 0.559. The van der Waals surface area contributed by atoms with Gasteiger partial charge < -0.3 is 4.42 Å². The van der Waals surface area contributed by atoms with Crippen LogP contribution in [0.25, 0.3) is 116 Å². The van der Waals surface area contributed by atoms with Crippen LogP contribution in [0.4, 0.5) is 0 Å². The van der Waals surface area contributed by atoms with Gasteiger partial charge in [-0.25, -0.2) is 4.98 Å². The first-order chi connectivity index (χ1) is 27.7. The average molecular weight is 715 g/mol. The highest BCUT2D eigenvalue weighted by atomic mass is 16.3. The van der Waals surface area contributed by atoms with Gasteiger partial charge in [0, 0.05) is 38.2 Å². The second-order valence-corrected chi connectivity index (χ2v) is 14.5. The van der Waals surface area contributed by atoms with E-state index in [1.807, 2.05) is 12.1 Å². The van der Waals surface area contributed by atoms with E-state index in [1.54, 1.807) is 0 Å². The van der Waals surface area contributed by atoms with Gasteiger partial charge in [-0.15, -0.1) is 0 Å². The first-order valence-corrected chi connectivity index (χ1v) is 18.8. The lowest BCUT2D eigenvalue weighted by molar-refractivity contribution is 0.669. The standard InChI is InChI=1S/C51H30N4O/c1-3-12-33-26-38(22-20-31(33)10-1)49-52-50(39-23-21-32-11-2-4-13-34(32)27-39)54-51(53-49)55-45-30-36-15-6-5-14-35(36)28-43(45)42-18-9-17-40(48(42)55)37-24-25-47-44(29-37)41-16-7-8-19-46(41)56-47/h1-30H. The first kappa shape index (κ1) is 30.8. The molecule has 260 valence electrons. The number of nitrogens with zero attached hydrogens (tertiary/aromatic N) is 4. The Morgan fingerprint density at radius 3 is 1.61 bits per heavy atom. The molecule has 0 N–H and O–H groups in total. The molecule has 9 aromatic carbocycles. The van der Waals surface area contributed by atoms with Crippen LogP contribution in [0.3, 0.4) is 0 Å². The van der Waals surface area contributed by atoms with Crippen LogP contribution in [0.15, 0.2) is 186 Å². The Balaban J connectivity index is 1.19. The van der Waals surface area contributed by atoms with Crippen LogP contribution >= 0.6 is 0 Å². The van der Waals surface area contributed by atoms with Gasteiger partial charge in [-0.2, -0.15) is 9.97 Å². The summed E-state index contributed by atoms with van der Waals surface area (Å²) in [6.07, 6.45) is 0. The number of hydrogen-bond donors (Lipinski definition) is 0. The van der Waals surface area contributed by atoms with E-state index in [1.165, 1.54) is 16.2 Å². The summed E-state index contributed by atoms with van der Waals surface area (Å²) in [4.78, 5) is 15.9. The summed E-state index contributed by atoms with van der Waals surface area (Å²) < 4.78 is 8.50. The van der Waals surface area contributed by atoms with E-state index < -0.39 is 0 Å². The molecule has 0 radical (unpaired) electrons. The molecule has 0 saturated heterocycles. The Kier molecular flexibility index (Phi) is 6.56. The molecule has 0 atom stereocenters. The van der Waals surface area contributed by atoms with Crippen LogP contribution in [0.5, 0.6) is 0 Å². The summed E-state index contributed by atoms with van der Waals surface area (Å²) in [5, 5.41) is 11.4. The lowest BCUT2D eigenvalue weighted by Gasteiger charge is -2.14. The summed E-state index contributed by atoms with van der Waals surface area (Å²) in [5.41, 5.74) is 7.83. The quantitative estimate of drug-likeness (QED) is 0.182. The Bertz CT molecular complexity index is 3460. The van der Waals surface area contributed by atoms with Crippen LogP contribution in [-0.4, -0.2) is 19.5 Å². The summed E-state index contributed by atoms with van der Waals surface area (Å²) in [7, 11) is 0. The van der Waals surface area contributed by atoms with E-state index in [0.29, 0.717) is 17.6 Å². The number of fused-ring (bicyclic) bond motifs is 9. The Morgan fingerprint density at radius 2 is 0.911 bits per heavy atom. The fourth-order valence-electron chi connectivity index (χ4n) is 8.47. The van der Waals surface area contributed by atoms with Gasteiger partial charge in [0.15, 0.2) is 11.6 Å². The van der Waals surface area contributed by atoms with Crippen molar-refractivity contribution in [3.8, 4) is 39.9 Å². The highest BCUT2D eigenvalue weighted by Gasteiger charge is 2.22. The smallest absolute Gasteiger partial charge is 0.238 e. The van der Waals surface area contributed by atoms with Crippen LogP contribution in [0.2, 0.25) is 0 Å². The monoisotopic (exact) mass is 714 g/mol. The number of furan rings is 1. The number of rotatable bonds is 4. The molecule has 0 aliphatic carbocycles. The van der Waals surface area contributed by atoms with Crippen molar-refractivity contribution in [1.29, 1.82) is 0 Å². The topological polar surface area (TPSA) is 56.7 Å². The zero-order valence-corrected chi connectivity index (χ0v) is 30.0. The van der Waals surface area contributed by atoms with E-state index in [0.717, 1.165) is 82.2 Å². The molecule has 56 heavy (non-hydrogen) atoms. The van der Waals surface area contributed by atoms with Gasteiger partial charge in [0.05, 0.1) is 11.0 Å². The predicted octanol–water partition coefficient (Wildman–Crippen LogP) is 13.3. The highest BCUT2D eigenvalue weighted by molar-refractivity contribution is 6.17. The summed E-state index contributed by atoms with van der Waals surface area (Å²) in [6, 6.07) is 64.1. The molecule has 5 heteroatoms. The number of hydrogen-bond acceptors (Lipinski definition) is 4. The molecule has 0 unspecified atom stereocenters. The van der Waals surface area contributed by atoms with Crippen molar-refractivity contribution in [3.05, 3.63) is 182 Å². The molecule has 12 rings (SSSR count). The third-order valence-corrected chi connectivity index (χ3v) is 11.2. The van der Waals surface area contributed by atoms with E-state index in [4.69, 9.17) is 19.4 Å². The molecule has 0 saturated carbocycles. The summed E-state index contributed by atoms with van der Waals surface area (Å²) in [5.74, 6) is 1.79. The van der Waals surface area contributed by atoms with Crippen molar-refractivity contribution >= 4 is 76.1 Å². The van der Waals surface area contributed by atoms with Crippen molar-refractivity contribution < 1.29 is 4.42 Å². The van der Waals surface area contributed by atoms with Gasteiger partial charge in [0.25, 0.3) is 0 Å². The molecule has 0 amide bonds. The first-order valence-electron chi connectivity index (χ1n) is 18.8. The van der Waals surface area contributed by atoms with Crippen LogP contribution in [-0.2, 0) is 0 Å². The number of aromatic nitrogens is 4. The maximum atomic E-state index is 6.25. The SMILES string of the molecule is c1ccc2cc(-c3nc(-c4ccc5ccccc5c4)nc(-n4c5cc6ccccc6cc5c5cccc(-c6ccc7oc8ccccc8c7c6)c54)n3)ccc2c1. The van der Waals surface area contributed by atoms with E-state index in [9.17, 15) is 0 Å². The molecule has 0 aliphatic rings. The minimum Gasteiger partial charge on any atom is -0.456 e. The molecule has 12 aromatic rings. The Labute approximate surface area is 320 Å². The summed E-state index contributed by atoms with van der Waals surface area (Å²) in [6.45, 7) is 0. The largest absolute Gasteiger partial charge is 0.456 e. The third-order valence-electron chi connectivity index (χ3n) is 11.2. The minimum atomic E-state index is 0.559. The molecule has 5 nitrogen and oxygen atoms in total. The van der Waals surface area contributed by atoms with Gasteiger partial charge in [-0.05, 0) is 80.3 Å². The zero-order valence-electron chi connectivity index (χ0n) is 30.0. The fourth-order valence-corrected chi connectivity index (χ4v) is 8.47. The molecule has 0 aliphatic heterocycles. The average Bonchev–Trinajstić information content (AvgIpc) is 3.80.